The number of benzene rings is 8. The lowest BCUT2D eigenvalue weighted by atomic mass is 9.84. The molecule has 9 aromatic rings. The average Bonchev–Trinajstić information content (AvgIpc) is 3.53. The predicted molar refractivity (Wildman–Crippen MR) is 183 cm³/mol. The van der Waals surface area contributed by atoms with Crippen LogP contribution in [0.4, 0.5) is 0 Å². The zero-order valence-corrected chi connectivity index (χ0v) is 22.9. The standard InChI is InChI=1S/C42H26O/c1-2-12-27(13-3-1)29-24-25-38-37(26-29)42-36(22-11-23-39(42)43-38)41-34-19-8-6-17-32(34)40(33-18-7-9-20-35(33)41)31-21-10-15-28-14-4-5-16-30(28)31/h1-26H/i4D,5D,10D,14D,15D,16D,21D. The third-order valence-corrected chi connectivity index (χ3v) is 8.37. The van der Waals surface area contributed by atoms with E-state index in [0.717, 1.165) is 65.7 Å². The Balaban J connectivity index is 1.45. The van der Waals surface area contributed by atoms with E-state index in [1.54, 1.807) is 0 Å². The van der Waals surface area contributed by atoms with Crippen LogP contribution in [0.3, 0.4) is 0 Å². The van der Waals surface area contributed by atoms with Crippen LogP contribution in [-0.4, -0.2) is 0 Å². The smallest absolute Gasteiger partial charge is 0.136 e. The van der Waals surface area contributed by atoms with Gasteiger partial charge < -0.3 is 4.42 Å². The SMILES string of the molecule is [2H]c1c([2H])c([2H])c2c(-c3c4ccccc4c(-c4cccc5oc6ccc(-c7ccccc7)cc6c45)c4ccccc34)c([2H])c([2H])c([2H])c2c1[2H]. The molecule has 0 amide bonds. The van der Waals surface area contributed by atoms with Crippen LogP contribution in [0.15, 0.2) is 162 Å². The molecule has 8 aromatic carbocycles. The van der Waals surface area contributed by atoms with Crippen LogP contribution in [0.5, 0.6) is 0 Å². The van der Waals surface area contributed by atoms with Crippen molar-refractivity contribution in [2.45, 2.75) is 0 Å². The Morgan fingerprint density at radius 2 is 1.07 bits per heavy atom. The van der Waals surface area contributed by atoms with E-state index in [0.29, 0.717) is 5.56 Å². The van der Waals surface area contributed by atoms with Crippen LogP contribution in [-0.2, 0) is 0 Å². The molecular formula is C42H26O. The van der Waals surface area contributed by atoms with E-state index in [1.165, 1.54) is 0 Å². The summed E-state index contributed by atoms with van der Waals surface area (Å²) in [7, 11) is 0. The van der Waals surface area contributed by atoms with Gasteiger partial charge in [-0.05, 0) is 83.9 Å². The van der Waals surface area contributed by atoms with Crippen molar-refractivity contribution < 1.29 is 14.0 Å². The molecule has 200 valence electrons. The first kappa shape index (κ1) is 18.0. The number of furan rings is 1. The van der Waals surface area contributed by atoms with E-state index in [-0.39, 0.29) is 40.5 Å². The van der Waals surface area contributed by atoms with Gasteiger partial charge in [-0.25, -0.2) is 0 Å². The molecule has 0 aliphatic heterocycles. The molecule has 0 atom stereocenters. The fourth-order valence-electron chi connectivity index (χ4n) is 6.53. The number of hydrogen-bond acceptors (Lipinski definition) is 1. The van der Waals surface area contributed by atoms with E-state index < -0.39 is 18.1 Å². The molecule has 0 unspecified atom stereocenters. The monoisotopic (exact) mass is 553 g/mol. The lowest BCUT2D eigenvalue weighted by molar-refractivity contribution is 0.669. The Bertz CT molecular complexity index is 2830. The number of rotatable bonds is 3. The average molecular weight is 554 g/mol. The molecule has 0 radical (unpaired) electrons. The van der Waals surface area contributed by atoms with E-state index in [2.05, 4.69) is 30.3 Å². The predicted octanol–water partition coefficient (Wildman–Crippen LogP) is 12.0. The van der Waals surface area contributed by atoms with Crippen molar-refractivity contribution in [3.05, 3.63) is 158 Å². The summed E-state index contributed by atoms with van der Waals surface area (Å²) >= 11 is 0. The van der Waals surface area contributed by atoms with Crippen LogP contribution >= 0.6 is 0 Å². The van der Waals surface area contributed by atoms with Crippen LogP contribution in [0, 0.1) is 0 Å². The van der Waals surface area contributed by atoms with Crippen LogP contribution in [0.1, 0.15) is 9.60 Å². The minimum Gasteiger partial charge on any atom is -0.456 e. The Kier molecular flexibility index (Phi) is 3.95. The Morgan fingerprint density at radius 3 is 1.81 bits per heavy atom. The van der Waals surface area contributed by atoms with E-state index in [1.807, 2.05) is 84.9 Å². The normalized spacial score (nSPS) is 14.0. The van der Waals surface area contributed by atoms with Crippen molar-refractivity contribution in [2.75, 3.05) is 0 Å². The Labute approximate surface area is 259 Å². The van der Waals surface area contributed by atoms with Gasteiger partial charge in [0.1, 0.15) is 11.2 Å². The van der Waals surface area contributed by atoms with E-state index >= 15 is 0 Å². The van der Waals surface area contributed by atoms with Gasteiger partial charge in [0, 0.05) is 10.8 Å². The largest absolute Gasteiger partial charge is 0.456 e. The van der Waals surface area contributed by atoms with Crippen molar-refractivity contribution in [3.8, 4) is 33.4 Å². The molecule has 0 aliphatic carbocycles. The molecule has 0 bridgehead atoms. The van der Waals surface area contributed by atoms with Gasteiger partial charge in [-0.15, -0.1) is 0 Å². The second-order valence-electron chi connectivity index (χ2n) is 10.7. The van der Waals surface area contributed by atoms with Crippen LogP contribution < -0.4 is 0 Å². The fraction of sp³-hybridized carbons (Fsp3) is 0. The summed E-state index contributed by atoms with van der Waals surface area (Å²) in [6, 6.07) is 35.6. The van der Waals surface area contributed by atoms with Gasteiger partial charge >= 0.3 is 0 Å². The van der Waals surface area contributed by atoms with Gasteiger partial charge in [-0.1, -0.05) is 139 Å². The van der Waals surface area contributed by atoms with Crippen molar-refractivity contribution >= 4 is 54.3 Å². The van der Waals surface area contributed by atoms with E-state index in [4.69, 9.17) is 12.6 Å². The van der Waals surface area contributed by atoms with Gasteiger partial charge in [-0.3, -0.25) is 0 Å². The quantitative estimate of drug-likeness (QED) is 0.198. The van der Waals surface area contributed by atoms with Gasteiger partial charge in [0.05, 0.1) is 9.60 Å². The molecule has 0 N–H and O–H groups in total. The topological polar surface area (TPSA) is 13.1 Å². The summed E-state index contributed by atoms with van der Waals surface area (Å²) in [6.45, 7) is 0. The maximum atomic E-state index is 9.21. The maximum absolute atomic E-state index is 9.21. The molecule has 0 saturated heterocycles. The minimum atomic E-state index is -0.472. The molecule has 0 saturated carbocycles. The van der Waals surface area contributed by atoms with Gasteiger partial charge in [0.25, 0.3) is 0 Å². The first-order chi connectivity index (χ1) is 24.3. The summed E-state index contributed by atoms with van der Waals surface area (Å²) in [5.74, 6) is 0. The second kappa shape index (κ2) is 9.44. The number of hydrogen-bond donors (Lipinski definition) is 0. The Morgan fingerprint density at radius 1 is 0.419 bits per heavy atom. The highest BCUT2D eigenvalue weighted by atomic mass is 16.3. The van der Waals surface area contributed by atoms with Crippen molar-refractivity contribution in [1.82, 2.24) is 0 Å². The minimum absolute atomic E-state index is 0.0620. The maximum Gasteiger partial charge on any atom is 0.136 e. The first-order valence-corrected chi connectivity index (χ1v) is 14.2. The molecule has 1 aromatic heterocycles. The molecule has 1 heteroatoms. The Hall–Kier alpha value is -5.66. The summed E-state index contributed by atoms with van der Waals surface area (Å²) in [5, 5.41) is 5.22. The van der Waals surface area contributed by atoms with Gasteiger partial charge in [0.15, 0.2) is 0 Å². The molecular weight excluding hydrogens is 520 g/mol. The molecule has 1 nitrogen and oxygen atoms in total. The highest BCUT2D eigenvalue weighted by molar-refractivity contribution is 6.27. The lowest BCUT2D eigenvalue weighted by Gasteiger charge is -2.19. The van der Waals surface area contributed by atoms with Gasteiger partial charge in [0.2, 0.25) is 0 Å². The highest BCUT2D eigenvalue weighted by Gasteiger charge is 2.21. The molecule has 1 heterocycles. The third-order valence-electron chi connectivity index (χ3n) is 8.37. The van der Waals surface area contributed by atoms with E-state index in [9.17, 15) is 1.37 Å². The summed E-state index contributed by atoms with van der Waals surface area (Å²) in [5.41, 5.74) is 6.42. The summed E-state index contributed by atoms with van der Waals surface area (Å²) in [4.78, 5) is 0. The number of fused-ring (bicyclic) bond motifs is 6. The molecule has 0 fully saturated rings. The molecule has 0 aliphatic rings. The van der Waals surface area contributed by atoms with Crippen LogP contribution in [0.25, 0.3) is 87.6 Å². The first-order valence-electron chi connectivity index (χ1n) is 17.7. The summed E-state index contributed by atoms with van der Waals surface area (Å²) in [6.07, 6.45) is 0. The van der Waals surface area contributed by atoms with Crippen molar-refractivity contribution in [2.24, 2.45) is 0 Å². The third kappa shape index (κ3) is 3.65. The molecule has 0 spiro atoms. The zero-order chi connectivity index (χ0) is 34.4. The fourth-order valence-corrected chi connectivity index (χ4v) is 6.53. The second-order valence-corrected chi connectivity index (χ2v) is 10.7. The lowest BCUT2D eigenvalue weighted by Crippen LogP contribution is -1.92. The molecule has 9 rings (SSSR count). The van der Waals surface area contributed by atoms with Gasteiger partial charge in [-0.2, -0.15) is 0 Å². The zero-order valence-electron chi connectivity index (χ0n) is 29.9. The van der Waals surface area contributed by atoms with Crippen LogP contribution in [0.2, 0.25) is 0 Å². The highest BCUT2D eigenvalue weighted by Crippen LogP contribution is 2.48. The summed E-state index contributed by atoms with van der Waals surface area (Å²) < 4.78 is 67.6. The van der Waals surface area contributed by atoms with Crippen molar-refractivity contribution in [1.29, 1.82) is 0 Å². The molecule has 43 heavy (non-hydrogen) atoms. The van der Waals surface area contributed by atoms with Crippen molar-refractivity contribution in [3.63, 3.8) is 0 Å².